The van der Waals surface area contributed by atoms with Gasteiger partial charge in [-0.3, -0.25) is 0 Å². The number of hydrogen-bond acceptors (Lipinski definition) is 1. The fourth-order valence-electron chi connectivity index (χ4n) is 16.5. The molecule has 1 nitrogen and oxygen atoms in total. The largest absolute Gasteiger partial charge is 0.310 e. The molecule has 18 aromatic carbocycles. The fourth-order valence-corrected chi connectivity index (χ4v) is 16.6. The van der Waals surface area contributed by atoms with Crippen molar-refractivity contribution in [3.8, 4) is 44.5 Å². The summed E-state index contributed by atoms with van der Waals surface area (Å²) in [4.78, 5) is 2.01. The van der Waals surface area contributed by atoms with Gasteiger partial charge in [0.2, 0.25) is 0 Å². The van der Waals surface area contributed by atoms with Crippen molar-refractivity contribution in [1.82, 2.24) is 0 Å². The Bertz CT molecular complexity index is 6500. The van der Waals surface area contributed by atoms with Crippen molar-refractivity contribution < 1.29 is 8.22 Å². The van der Waals surface area contributed by atoms with E-state index in [2.05, 4.69) is 194 Å². The minimum Gasteiger partial charge on any atom is -0.310 e. The molecule has 0 saturated carbocycles. The average Bonchev–Trinajstić information content (AvgIpc) is 1.54. The van der Waals surface area contributed by atoms with E-state index in [0.29, 0.717) is 34.8 Å². The third-order valence-electron chi connectivity index (χ3n) is 21.0. The first kappa shape index (κ1) is 57.7. The van der Waals surface area contributed by atoms with E-state index < -0.39 is 10.8 Å². The Morgan fingerprint density at radius 3 is 1.12 bits per heavy atom. The lowest BCUT2D eigenvalue weighted by atomic mass is 9.67. The molecule has 0 fully saturated rings. The van der Waals surface area contributed by atoms with Gasteiger partial charge in [-0.05, 0) is 210 Å². The van der Waals surface area contributed by atoms with Gasteiger partial charge in [-0.2, -0.15) is 0 Å². The van der Waals surface area contributed by atoms with Crippen molar-refractivity contribution in [1.29, 1.82) is 0 Å². The van der Waals surface area contributed by atoms with E-state index in [9.17, 15) is 5.48 Å². The van der Waals surface area contributed by atoms with Crippen LogP contribution in [0.25, 0.3) is 87.6 Å². The molecule has 18 aromatic rings. The van der Waals surface area contributed by atoms with Gasteiger partial charge in [0, 0.05) is 22.1 Å². The van der Waals surface area contributed by atoms with Crippen LogP contribution in [0.15, 0.2) is 425 Å². The Hall–Kier alpha value is -12.9. The minimum absolute atomic E-state index is 0.0147. The van der Waals surface area contributed by atoms with Gasteiger partial charge in [0.1, 0.15) is 0 Å². The average molecular weight is 1370 g/mol. The zero-order chi connectivity index (χ0) is 75.3. The molecule has 2 heteroatoms. The number of para-hydroxylation sites is 1. The Morgan fingerprint density at radius 1 is 0.248 bits per heavy atom. The molecule has 0 spiro atoms. The summed E-state index contributed by atoms with van der Waals surface area (Å²) < 4.78 is 57.6. The highest BCUT2D eigenvalue weighted by atomic mass is 35.5. The summed E-state index contributed by atoms with van der Waals surface area (Å²) in [5.74, 6) is 0. The molecule has 0 heterocycles. The van der Waals surface area contributed by atoms with Crippen LogP contribution in [0.5, 0.6) is 0 Å². The quantitative estimate of drug-likeness (QED) is 0.117. The van der Waals surface area contributed by atoms with E-state index in [1.807, 2.05) is 199 Å². The number of halogens is 1. The van der Waals surface area contributed by atoms with Crippen LogP contribution < -0.4 is 4.90 Å². The molecule has 0 bridgehead atoms. The second kappa shape index (κ2) is 27.8. The van der Waals surface area contributed by atoms with E-state index in [-0.39, 0.29) is 30.2 Å². The minimum atomic E-state index is -0.891. The predicted octanol–water partition coefficient (Wildman–Crippen LogP) is 27.4. The molecule has 0 aromatic heterocycles. The highest BCUT2D eigenvalue weighted by Crippen LogP contribution is 2.59. The maximum absolute atomic E-state index is 10.4. The second-order valence-corrected chi connectivity index (χ2v) is 27.3. The molecule has 0 radical (unpaired) electrons. The predicted molar refractivity (Wildman–Crippen MR) is 444 cm³/mol. The number of benzene rings is 18. The Balaban J connectivity index is 0.000000130. The van der Waals surface area contributed by atoms with Crippen LogP contribution in [0.1, 0.15) is 63.9 Å². The van der Waals surface area contributed by atoms with Crippen molar-refractivity contribution in [3.63, 3.8) is 0 Å². The van der Waals surface area contributed by atoms with Crippen LogP contribution in [0.4, 0.5) is 17.1 Å². The molecular formula is C103H72ClN. The number of nitrogens with zero attached hydrogens (tertiary/aromatic N) is 1. The van der Waals surface area contributed by atoms with Crippen LogP contribution in [0, 0.1) is 0 Å². The lowest BCUT2D eigenvalue weighted by Crippen LogP contribution is -2.28. The molecule has 2 aliphatic rings. The highest BCUT2D eigenvalue weighted by Gasteiger charge is 2.48. The van der Waals surface area contributed by atoms with Gasteiger partial charge in [0.25, 0.3) is 0 Å². The Morgan fingerprint density at radius 2 is 0.629 bits per heavy atom. The van der Waals surface area contributed by atoms with E-state index in [4.69, 9.17) is 14.3 Å². The Labute approximate surface area is 627 Å². The van der Waals surface area contributed by atoms with Crippen LogP contribution >= 0.6 is 11.6 Å². The summed E-state index contributed by atoms with van der Waals surface area (Å²) in [6.45, 7) is 0. The molecule has 496 valence electrons. The molecule has 0 amide bonds. The van der Waals surface area contributed by atoms with Crippen molar-refractivity contribution in [3.05, 3.63) is 485 Å². The molecular weight excluding hydrogens is 1290 g/mol. The van der Waals surface area contributed by atoms with E-state index in [1.54, 1.807) is 0 Å². The monoisotopic (exact) mass is 1360 g/mol. The lowest BCUT2D eigenvalue weighted by molar-refractivity contribution is 0.767. The third kappa shape index (κ3) is 11.5. The normalized spacial score (nSPS) is 13.4. The van der Waals surface area contributed by atoms with E-state index >= 15 is 0 Å². The summed E-state index contributed by atoms with van der Waals surface area (Å²) in [6, 6.07) is 134. The summed E-state index contributed by atoms with van der Waals surface area (Å²) in [5, 5.41) is 10.6. The number of hydrogen-bond donors (Lipinski definition) is 0. The second-order valence-electron chi connectivity index (χ2n) is 26.9. The molecule has 0 atom stereocenters. The van der Waals surface area contributed by atoms with Crippen molar-refractivity contribution in [2.75, 3.05) is 4.90 Å². The fraction of sp³-hybridized carbons (Fsp3) is 0.0291. The van der Waals surface area contributed by atoms with Crippen LogP contribution in [-0.4, -0.2) is 0 Å². The number of anilines is 3. The van der Waals surface area contributed by atoms with Gasteiger partial charge in [0.05, 0.1) is 19.1 Å². The highest BCUT2D eigenvalue weighted by molar-refractivity contribution is 6.31. The molecule has 0 N–H and O–H groups in total. The molecule has 0 saturated heterocycles. The number of rotatable bonds is 11. The van der Waals surface area contributed by atoms with Gasteiger partial charge >= 0.3 is 0 Å². The van der Waals surface area contributed by atoms with E-state index in [1.165, 1.54) is 43.3 Å². The first-order valence-electron chi connectivity index (χ1n) is 38.8. The number of fused-ring (bicyclic) bond motifs is 12. The topological polar surface area (TPSA) is 3.24 Å². The van der Waals surface area contributed by atoms with Gasteiger partial charge in [-0.15, -0.1) is 0 Å². The third-order valence-corrected chi connectivity index (χ3v) is 21.2. The summed E-state index contributed by atoms with van der Waals surface area (Å²) >= 11 is 6.16. The Kier molecular flexibility index (Phi) is 15.3. The molecule has 0 aliphatic heterocycles. The standard InChI is InChI=1S/C51H35N.C32H24.C20H13Cl/c1-4-19-38(20-5-1)51(39-21-6-2-7-22-39)49-30-15-14-29-46(49)47-32-31-42(35-50(47)51)52(40-23-8-3-9-24-40)41-25-16-18-36(33-41)48-34-37-17-10-11-26-43(37)44-27-12-13-28-45(44)48;1-4-12-24(13-5-1)22-25-20-21-29-28-18-10-11-19-30(28)32(31(29)23-25,26-14-6-2-7-15-26)27-16-8-3-9-17-27;21-16-8-5-7-14(12-16)20-13-15-6-1-2-9-17(15)18-10-3-4-11-19(18)20/h1-35H;1-21,23H,22H2;1-13H/i31D,32D,35D;20D,21D,23D;. The lowest BCUT2D eigenvalue weighted by Gasteiger charge is -2.35. The van der Waals surface area contributed by atoms with Crippen molar-refractivity contribution in [2.24, 2.45) is 0 Å². The molecule has 20 rings (SSSR count). The van der Waals surface area contributed by atoms with Crippen LogP contribution in [0.2, 0.25) is 5.02 Å². The summed E-state index contributed by atoms with van der Waals surface area (Å²) in [6.07, 6.45) is 0.452. The smallest absolute Gasteiger partial charge is 0.0714 e. The van der Waals surface area contributed by atoms with E-state index in [0.717, 1.165) is 99.7 Å². The van der Waals surface area contributed by atoms with Crippen LogP contribution in [0.3, 0.4) is 0 Å². The van der Waals surface area contributed by atoms with Gasteiger partial charge in [0.15, 0.2) is 0 Å². The molecule has 0 unspecified atom stereocenters. The van der Waals surface area contributed by atoms with Crippen molar-refractivity contribution in [2.45, 2.75) is 17.3 Å². The molecule has 105 heavy (non-hydrogen) atoms. The summed E-state index contributed by atoms with van der Waals surface area (Å²) in [5.41, 5.74) is 17.5. The van der Waals surface area contributed by atoms with Gasteiger partial charge in [-0.1, -0.05) is 375 Å². The zero-order valence-corrected chi connectivity index (χ0v) is 58.2. The zero-order valence-electron chi connectivity index (χ0n) is 63.5. The molecule has 2 aliphatic carbocycles. The van der Waals surface area contributed by atoms with Crippen LogP contribution in [-0.2, 0) is 17.3 Å². The summed E-state index contributed by atoms with van der Waals surface area (Å²) in [7, 11) is 0. The first-order valence-corrected chi connectivity index (χ1v) is 36.2. The van der Waals surface area contributed by atoms with Gasteiger partial charge in [-0.25, -0.2) is 0 Å². The van der Waals surface area contributed by atoms with Crippen molar-refractivity contribution >= 4 is 71.8 Å². The maximum atomic E-state index is 10.4. The van der Waals surface area contributed by atoms with Gasteiger partial charge < -0.3 is 4.90 Å². The maximum Gasteiger partial charge on any atom is 0.0714 e. The first-order chi connectivity index (χ1) is 54.5. The SMILES string of the molecule is Clc1cccc(-c2cc3ccccc3c3ccccc23)c1.[2H]c1c([2H])c(N(c2ccccc2)c2cccc(-c3cc4ccccc4c4ccccc34)c2)c([2H])c2c1-c1ccccc1C2(c1ccccc1)c1ccccc1.[2H]c1c([2H])c2c(c([2H])c1Cc1ccccc1)C(c1ccccc1)(c1ccccc1)c1ccccc1-2.